The molecule has 3 heterocycles. The Morgan fingerprint density at radius 3 is 2.89 bits per heavy atom. The van der Waals surface area contributed by atoms with E-state index in [0.29, 0.717) is 29.6 Å². The second-order valence-corrected chi connectivity index (χ2v) is 7.89. The van der Waals surface area contributed by atoms with Gasteiger partial charge in [-0.3, -0.25) is 4.40 Å². The number of carboxylic acid groups (broad SMARTS) is 1. The minimum atomic E-state index is -1.09. The first-order chi connectivity index (χ1) is 13.5. The summed E-state index contributed by atoms with van der Waals surface area (Å²) in [6, 6.07) is 4.76. The first-order valence-electron chi connectivity index (χ1n) is 8.38. The highest BCUT2D eigenvalue weighted by Crippen LogP contribution is 2.39. The lowest BCUT2D eigenvalue weighted by molar-refractivity contribution is 0.0404. The topological polar surface area (TPSA) is 133 Å². The zero-order valence-corrected chi connectivity index (χ0v) is 15.9. The number of nitrogens with zero attached hydrogens (tertiary/aromatic N) is 4. The minimum Gasteiger partial charge on any atom is -0.478 e. The van der Waals surface area contributed by atoms with Crippen molar-refractivity contribution in [1.29, 1.82) is 0 Å². The van der Waals surface area contributed by atoms with Gasteiger partial charge < -0.3 is 20.6 Å². The second kappa shape index (κ2) is 7.55. The van der Waals surface area contributed by atoms with Crippen molar-refractivity contribution in [3.63, 3.8) is 0 Å². The van der Waals surface area contributed by atoms with Crippen LogP contribution in [0.2, 0.25) is 5.02 Å². The lowest BCUT2D eigenvalue weighted by Crippen LogP contribution is -2.25. The highest BCUT2D eigenvalue weighted by Gasteiger charge is 2.38. The highest BCUT2D eigenvalue weighted by molar-refractivity contribution is 7.99. The summed E-state index contributed by atoms with van der Waals surface area (Å²) in [5, 5.41) is 40.4. The Bertz CT molecular complexity index is 1050. The number of carbonyl (C=O) groups is 1. The zero-order chi connectivity index (χ0) is 19.8. The summed E-state index contributed by atoms with van der Waals surface area (Å²) < 4.78 is 1.72. The van der Waals surface area contributed by atoms with Crippen LogP contribution in [0.5, 0.6) is 0 Å². The largest absolute Gasteiger partial charge is 0.478 e. The smallest absolute Gasteiger partial charge is 0.337 e. The summed E-state index contributed by atoms with van der Waals surface area (Å²) in [4.78, 5) is 15.5. The van der Waals surface area contributed by atoms with E-state index in [-0.39, 0.29) is 15.8 Å². The average Bonchev–Trinajstić information content (AvgIpc) is 3.25. The maximum atomic E-state index is 11.2. The number of halogens is 1. The van der Waals surface area contributed by atoms with Crippen LogP contribution in [0.15, 0.2) is 30.6 Å². The quantitative estimate of drug-likeness (QED) is 0.484. The van der Waals surface area contributed by atoms with E-state index in [9.17, 15) is 20.1 Å². The summed E-state index contributed by atoms with van der Waals surface area (Å²) in [5.74, 6) is 0.337. The van der Waals surface area contributed by atoms with Crippen LogP contribution in [0.25, 0.3) is 5.65 Å². The number of thioether (sulfide) groups is 1. The molecule has 1 aromatic carbocycles. The predicted molar refractivity (Wildman–Crippen MR) is 104 cm³/mol. The molecule has 0 spiro atoms. The fraction of sp³-hybridized carbons (Fsp3) is 0.294. The number of aromatic carboxylic acids is 1. The Labute approximate surface area is 168 Å². The van der Waals surface area contributed by atoms with Gasteiger partial charge in [0.05, 0.1) is 28.0 Å². The van der Waals surface area contributed by atoms with Gasteiger partial charge >= 0.3 is 5.97 Å². The van der Waals surface area contributed by atoms with Gasteiger partial charge in [0, 0.05) is 24.7 Å². The highest BCUT2D eigenvalue weighted by atomic mass is 35.5. The van der Waals surface area contributed by atoms with E-state index >= 15 is 0 Å². The van der Waals surface area contributed by atoms with Gasteiger partial charge in [-0.05, 0) is 17.7 Å². The summed E-state index contributed by atoms with van der Waals surface area (Å²) in [5.41, 5.74) is 1.22. The van der Waals surface area contributed by atoms with Gasteiger partial charge in [-0.15, -0.1) is 22.0 Å². The van der Waals surface area contributed by atoms with Crippen LogP contribution in [-0.2, 0) is 6.54 Å². The first-order valence-corrected chi connectivity index (χ1v) is 9.81. The molecular formula is C17H16ClN5O4S. The fourth-order valence-corrected chi connectivity index (χ4v) is 4.51. The van der Waals surface area contributed by atoms with Gasteiger partial charge in [0.2, 0.25) is 5.65 Å². The van der Waals surface area contributed by atoms with E-state index in [0.717, 1.165) is 5.56 Å². The Kier molecular flexibility index (Phi) is 5.11. The number of aromatic nitrogens is 4. The number of anilines is 1. The van der Waals surface area contributed by atoms with Gasteiger partial charge in [0.25, 0.3) is 0 Å². The van der Waals surface area contributed by atoms with Crippen LogP contribution in [0.1, 0.15) is 27.0 Å². The number of rotatable bonds is 5. The summed E-state index contributed by atoms with van der Waals surface area (Å²) in [7, 11) is 0. The third-order valence-electron chi connectivity index (χ3n) is 4.48. The number of benzene rings is 1. The van der Waals surface area contributed by atoms with Crippen molar-refractivity contribution in [1.82, 2.24) is 19.6 Å². The third-order valence-corrected chi connectivity index (χ3v) is 6.19. The van der Waals surface area contributed by atoms with Gasteiger partial charge in [0.15, 0.2) is 11.6 Å². The second-order valence-electron chi connectivity index (χ2n) is 6.31. The Morgan fingerprint density at radius 1 is 1.36 bits per heavy atom. The number of carboxylic acids is 1. The summed E-state index contributed by atoms with van der Waals surface area (Å²) in [6.45, 7) is 0.311. The van der Waals surface area contributed by atoms with Gasteiger partial charge in [-0.25, -0.2) is 9.78 Å². The van der Waals surface area contributed by atoms with E-state index in [1.165, 1.54) is 23.9 Å². The number of nitrogens with one attached hydrogen (secondary N) is 1. The number of fused-ring (bicyclic) bond motifs is 1. The first kappa shape index (κ1) is 18.9. The molecule has 0 unspecified atom stereocenters. The summed E-state index contributed by atoms with van der Waals surface area (Å²) >= 11 is 7.32. The molecule has 0 amide bonds. The van der Waals surface area contributed by atoms with Gasteiger partial charge in [0.1, 0.15) is 0 Å². The fourth-order valence-electron chi connectivity index (χ4n) is 3.02. The lowest BCUT2D eigenvalue weighted by atomic mass is 10.1. The van der Waals surface area contributed by atoms with Crippen LogP contribution in [-0.4, -0.2) is 58.8 Å². The molecule has 3 atom stereocenters. The molecule has 11 heteroatoms. The van der Waals surface area contributed by atoms with Crippen molar-refractivity contribution < 1.29 is 20.1 Å². The normalized spacial score (nSPS) is 21.9. The number of aliphatic hydroxyl groups excluding tert-OH is 2. The molecule has 4 N–H and O–H groups in total. The van der Waals surface area contributed by atoms with Crippen LogP contribution < -0.4 is 5.32 Å². The van der Waals surface area contributed by atoms with E-state index < -0.39 is 18.2 Å². The third kappa shape index (κ3) is 3.39. The number of hydrogen-bond acceptors (Lipinski definition) is 8. The molecule has 4 rings (SSSR count). The molecule has 9 nitrogen and oxygen atoms in total. The monoisotopic (exact) mass is 421 g/mol. The van der Waals surface area contributed by atoms with E-state index in [1.807, 2.05) is 0 Å². The maximum absolute atomic E-state index is 11.2. The van der Waals surface area contributed by atoms with Crippen molar-refractivity contribution in [2.75, 3.05) is 11.1 Å². The molecule has 2 aromatic heterocycles. The van der Waals surface area contributed by atoms with Crippen LogP contribution in [0.4, 0.5) is 5.82 Å². The van der Waals surface area contributed by atoms with Crippen LogP contribution in [0.3, 0.4) is 0 Å². The van der Waals surface area contributed by atoms with Gasteiger partial charge in [-0.2, -0.15) is 0 Å². The molecule has 0 saturated carbocycles. The van der Waals surface area contributed by atoms with Crippen molar-refractivity contribution in [2.24, 2.45) is 0 Å². The number of aliphatic hydroxyl groups is 2. The minimum absolute atomic E-state index is 0.0303. The lowest BCUT2D eigenvalue weighted by Gasteiger charge is -2.14. The SMILES string of the molecule is O=C(O)c1cc(CNc2nccn3c([C@@H]4SC[C@@H](O)[C@H]4O)nnc23)ccc1Cl. The molecule has 0 radical (unpaired) electrons. The molecule has 3 aromatic rings. The Hall–Kier alpha value is -2.40. The zero-order valence-electron chi connectivity index (χ0n) is 14.4. The standard InChI is InChI=1S/C17H16ClN5O4S/c18-10-2-1-8(5-9(10)17(26)27)6-20-14-16-22-21-15(23(16)4-3-19-14)13-12(25)11(24)7-28-13/h1-5,11-13,24-25H,6-7H2,(H,19,20)(H,26,27)/t11-,12-,13-/m1/s1. The molecule has 1 aliphatic rings. The Balaban J connectivity index is 1.59. The molecule has 28 heavy (non-hydrogen) atoms. The molecule has 146 valence electrons. The van der Waals surface area contributed by atoms with Gasteiger partial charge in [-0.1, -0.05) is 17.7 Å². The van der Waals surface area contributed by atoms with E-state index in [1.54, 1.807) is 22.9 Å². The molecule has 1 fully saturated rings. The van der Waals surface area contributed by atoms with E-state index in [4.69, 9.17) is 11.6 Å². The molecular weight excluding hydrogens is 406 g/mol. The summed E-state index contributed by atoms with van der Waals surface area (Å²) in [6.07, 6.45) is 1.56. The van der Waals surface area contributed by atoms with Crippen LogP contribution in [0, 0.1) is 0 Å². The van der Waals surface area contributed by atoms with Crippen molar-refractivity contribution in [3.05, 3.63) is 52.6 Å². The maximum Gasteiger partial charge on any atom is 0.337 e. The molecule has 1 aliphatic heterocycles. The molecule has 0 aliphatic carbocycles. The Morgan fingerprint density at radius 2 is 2.18 bits per heavy atom. The molecule has 0 bridgehead atoms. The molecule has 1 saturated heterocycles. The number of hydrogen-bond donors (Lipinski definition) is 4. The predicted octanol–water partition coefficient (Wildman–Crippen LogP) is 1.60. The van der Waals surface area contributed by atoms with Crippen LogP contribution >= 0.6 is 23.4 Å². The average molecular weight is 422 g/mol. The van der Waals surface area contributed by atoms with Crippen molar-refractivity contribution in [3.8, 4) is 0 Å². The van der Waals surface area contributed by atoms with Crippen molar-refractivity contribution >= 4 is 40.8 Å². The van der Waals surface area contributed by atoms with E-state index in [2.05, 4.69) is 20.5 Å². The van der Waals surface area contributed by atoms with Crippen molar-refractivity contribution in [2.45, 2.75) is 24.0 Å².